The molecule has 0 bridgehead atoms. The fraction of sp³-hybridized carbons (Fsp3) is 0.333. The molecule has 1 heterocycles. The zero-order chi connectivity index (χ0) is 12.5. The SMILES string of the molecule is Fc1cc(/C=C/C2CNC2)ccc1C(F)(F)F. The first-order chi connectivity index (χ1) is 7.97. The van der Waals surface area contributed by atoms with E-state index in [0.717, 1.165) is 25.2 Å². The topological polar surface area (TPSA) is 12.0 Å². The lowest BCUT2D eigenvalue weighted by Gasteiger charge is -2.23. The molecule has 1 aliphatic heterocycles. The summed E-state index contributed by atoms with van der Waals surface area (Å²) in [6.07, 6.45) is -1.11. The van der Waals surface area contributed by atoms with E-state index in [4.69, 9.17) is 0 Å². The number of hydrogen-bond acceptors (Lipinski definition) is 1. The van der Waals surface area contributed by atoms with E-state index in [2.05, 4.69) is 5.32 Å². The Hall–Kier alpha value is -1.36. The number of alkyl halides is 3. The van der Waals surface area contributed by atoms with Crippen molar-refractivity contribution in [2.45, 2.75) is 6.18 Å². The number of hydrogen-bond donors (Lipinski definition) is 1. The predicted molar refractivity (Wildman–Crippen MR) is 56.8 cm³/mol. The van der Waals surface area contributed by atoms with Crippen LogP contribution in [0.15, 0.2) is 24.3 Å². The van der Waals surface area contributed by atoms with Gasteiger partial charge in [0.1, 0.15) is 5.82 Å². The summed E-state index contributed by atoms with van der Waals surface area (Å²) < 4.78 is 50.1. The largest absolute Gasteiger partial charge is 0.419 e. The Labute approximate surface area is 96.1 Å². The lowest BCUT2D eigenvalue weighted by atomic mass is 10.0. The van der Waals surface area contributed by atoms with Crippen LogP contribution in [0.5, 0.6) is 0 Å². The van der Waals surface area contributed by atoms with Gasteiger partial charge in [0.05, 0.1) is 5.56 Å². The molecule has 1 fully saturated rings. The van der Waals surface area contributed by atoms with Crippen LogP contribution in [0.1, 0.15) is 11.1 Å². The average molecular weight is 245 g/mol. The van der Waals surface area contributed by atoms with Crippen molar-refractivity contribution >= 4 is 6.08 Å². The molecule has 0 amide bonds. The van der Waals surface area contributed by atoms with Gasteiger partial charge in [0, 0.05) is 19.0 Å². The lowest BCUT2D eigenvalue weighted by molar-refractivity contribution is -0.140. The quantitative estimate of drug-likeness (QED) is 0.789. The second kappa shape index (κ2) is 4.49. The Balaban J connectivity index is 2.15. The minimum absolute atomic E-state index is 0.389. The summed E-state index contributed by atoms with van der Waals surface area (Å²) >= 11 is 0. The van der Waals surface area contributed by atoms with Crippen LogP contribution in [-0.2, 0) is 6.18 Å². The van der Waals surface area contributed by atoms with Crippen molar-refractivity contribution in [2.24, 2.45) is 5.92 Å². The van der Waals surface area contributed by atoms with E-state index in [1.54, 1.807) is 6.08 Å². The number of benzene rings is 1. The van der Waals surface area contributed by atoms with Crippen molar-refractivity contribution in [3.8, 4) is 0 Å². The molecule has 1 N–H and O–H groups in total. The molecule has 17 heavy (non-hydrogen) atoms. The standard InChI is InChI=1S/C12H11F4N/c13-11-5-8(1-2-9-6-17-7-9)3-4-10(11)12(14,15)16/h1-5,9,17H,6-7H2/b2-1+. The molecule has 0 radical (unpaired) electrons. The first-order valence-electron chi connectivity index (χ1n) is 5.22. The maximum Gasteiger partial charge on any atom is 0.419 e. The van der Waals surface area contributed by atoms with Gasteiger partial charge >= 0.3 is 6.18 Å². The smallest absolute Gasteiger partial charge is 0.315 e. The number of nitrogens with one attached hydrogen (secondary N) is 1. The second-order valence-corrected chi connectivity index (χ2v) is 4.01. The molecule has 0 unspecified atom stereocenters. The molecule has 0 aromatic heterocycles. The van der Waals surface area contributed by atoms with Gasteiger partial charge in [-0.2, -0.15) is 13.2 Å². The highest BCUT2D eigenvalue weighted by Crippen LogP contribution is 2.31. The molecule has 0 aliphatic carbocycles. The van der Waals surface area contributed by atoms with E-state index < -0.39 is 17.6 Å². The van der Waals surface area contributed by atoms with Gasteiger partial charge in [-0.3, -0.25) is 0 Å². The number of rotatable bonds is 2. The lowest BCUT2D eigenvalue weighted by Crippen LogP contribution is -2.40. The highest BCUT2D eigenvalue weighted by Gasteiger charge is 2.33. The van der Waals surface area contributed by atoms with Gasteiger partial charge in [-0.15, -0.1) is 0 Å². The van der Waals surface area contributed by atoms with Gasteiger partial charge < -0.3 is 5.32 Å². The molecule has 0 saturated carbocycles. The van der Waals surface area contributed by atoms with E-state index in [-0.39, 0.29) is 0 Å². The van der Waals surface area contributed by atoms with Gasteiger partial charge in [-0.25, -0.2) is 4.39 Å². The van der Waals surface area contributed by atoms with E-state index in [1.807, 2.05) is 6.08 Å². The van der Waals surface area contributed by atoms with Gasteiger partial charge in [0.2, 0.25) is 0 Å². The average Bonchev–Trinajstić information content (AvgIpc) is 2.13. The van der Waals surface area contributed by atoms with Crippen molar-refractivity contribution in [1.82, 2.24) is 5.32 Å². The molecular formula is C12H11F4N. The monoisotopic (exact) mass is 245 g/mol. The fourth-order valence-corrected chi connectivity index (χ4v) is 1.56. The van der Waals surface area contributed by atoms with E-state index in [1.165, 1.54) is 6.07 Å². The van der Waals surface area contributed by atoms with Crippen molar-refractivity contribution in [2.75, 3.05) is 13.1 Å². The normalized spacial score (nSPS) is 17.4. The summed E-state index contributed by atoms with van der Waals surface area (Å²) in [5, 5.41) is 3.06. The van der Waals surface area contributed by atoms with Gasteiger partial charge in [-0.05, 0) is 17.7 Å². The third-order valence-electron chi connectivity index (χ3n) is 2.67. The second-order valence-electron chi connectivity index (χ2n) is 4.01. The molecule has 1 aromatic rings. The van der Waals surface area contributed by atoms with Gasteiger partial charge in [0.25, 0.3) is 0 Å². The number of halogens is 4. The minimum atomic E-state index is -4.63. The van der Waals surface area contributed by atoms with Gasteiger partial charge in [0.15, 0.2) is 0 Å². The van der Waals surface area contributed by atoms with Crippen LogP contribution in [0, 0.1) is 11.7 Å². The molecule has 1 nitrogen and oxygen atoms in total. The Morgan fingerprint density at radius 3 is 2.41 bits per heavy atom. The maximum atomic E-state index is 13.2. The van der Waals surface area contributed by atoms with Crippen molar-refractivity contribution in [3.63, 3.8) is 0 Å². The molecule has 5 heteroatoms. The predicted octanol–water partition coefficient (Wildman–Crippen LogP) is 3.08. The summed E-state index contributed by atoms with van der Waals surface area (Å²) in [6.45, 7) is 1.72. The van der Waals surface area contributed by atoms with E-state index >= 15 is 0 Å². The first kappa shape index (κ1) is 12.1. The third kappa shape index (κ3) is 2.85. The van der Waals surface area contributed by atoms with E-state index in [9.17, 15) is 17.6 Å². The summed E-state index contributed by atoms with van der Waals surface area (Å²) in [4.78, 5) is 0. The van der Waals surface area contributed by atoms with Crippen molar-refractivity contribution in [3.05, 3.63) is 41.2 Å². The molecular weight excluding hydrogens is 234 g/mol. The molecule has 2 rings (SSSR count). The molecule has 1 aromatic carbocycles. The van der Waals surface area contributed by atoms with Crippen LogP contribution in [0.2, 0.25) is 0 Å². The first-order valence-corrected chi connectivity index (χ1v) is 5.22. The van der Waals surface area contributed by atoms with Crippen molar-refractivity contribution in [1.29, 1.82) is 0 Å². The van der Waals surface area contributed by atoms with Crippen LogP contribution in [0.4, 0.5) is 17.6 Å². The molecule has 0 atom stereocenters. The van der Waals surface area contributed by atoms with Crippen LogP contribution in [0.3, 0.4) is 0 Å². The summed E-state index contributed by atoms with van der Waals surface area (Å²) in [5.74, 6) is -0.841. The Morgan fingerprint density at radius 1 is 1.24 bits per heavy atom. The van der Waals surface area contributed by atoms with Crippen LogP contribution >= 0.6 is 0 Å². The molecule has 1 aliphatic rings. The summed E-state index contributed by atoms with van der Waals surface area (Å²) in [6, 6.07) is 2.95. The van der Waals surface area contributed by atoms with Crippen LogP contribution in [-0.4, -0.2) is 13.1 Å². The van der Waals surface area contributed by atoms with E-state index in [0.29, 0.717) is 11.5 Å². The zero-order valence-electron chi connectivity index (χ0n) is 8.89. The maximum absolute atomic E-state index is 13.2. The molecule has 0 spiro atoms. The summed E-state index contributed by atoms with van der Waals surface area (Å²) in [5.41, 5.74) is -0.776. The van der Waals surface area contributed by atoms with Crippen LogP contribution < -0.4 is 5.32 Å². The summed E-state index contributed by atoms with van der Waals surface area (Å²) in [7, 11) is 0. The minimum Gasteiger partial charge on any atom is -0.315 e. The zero-order valence-corrected chi connectivity index (χ0v) is 8.89. The fourth-order valence-electron chi connectivity index (χ4n) is 1.56. The van der Waals surface area contributed by atoms with Crippen molar-refractivity contribution < 1.29 is 17.6 Å². The van der Waals surface area contributed by atoms with Gasteiger partial charge in [-0.1, -0.05) is 18.2 Å². The van der Waals surface area contributed by atoms with Crippen LogP contribution in [0.25, 0.3) is 6.08 Å². The Kier molecular flexibility index (Phi) is 3.19. The molecule has 1 saturated heterocycles. The highest BCUT2D eigenvalue weighted by atomic mass is 19.4. The Morgan fingerprint density at radius 2 is 1.94 bits per heavy atom. The Bertz CT molecular complexity index is 433. The highest BCUT2D eigenvalue weighted by molar-refractivity contribution is 5.50. The molecule has 92 valence electrons. The third-order valence-corrected chi connectivity index (χ3v) is 2.67.